The van der Waals surface area contributed by atoms with Crippen LogP contribution in [0, 0.1) is 13.8 Å². The molecule has 166 valence electrons. The number of nitrogens with zero attached hydrogens (tertiary/aromatic N) is 3. The van der Waals surface area contributed by atoms with E-state index in [0.29, 0.717) is 18.5 Å². The molecule has 3 aromatic rings. The number of hydrogen-bond acceptors (Lipinski definition) is 5. The molecule has 0 radical (unpaired) electrons. The third-order valence-corrected chi connectivity index (χ3v) is 8.18. The fourth-order valence-corrected chi connectivity index (χ4v) is 6.55. The third kappa shape index (κ3) is 3.58. The first-order valence-corrected chi connectivity index (χ1v) is 12.6. The molecule has 32 heavy (non-hydrogen) atoms. The highest BCUT2D eigenvalue weighted by Gasteiger charge is 2.38. The van der Waals surface area contributed by atoms with Crippen molar-refractivity contribution in [1.29, 1.82) is 0 Å². The van der Waals surface area contributed by atoms with Crippen molar-refractivity contribution < 1.29 is 13.2 Å². The highest BCUT2D eigenvalue weighted by atomic mass is 32.2. The number of fused-ring (bicyclic) bond motifs is 1. The average molecular weight is 451 g/mol. The van der Waals surface area contributed by atoms with E-state index in [1.807, 2.05) is 78.0 Å². The lowest BCUT2D eigenvalue weighted by Gasteiger charge is -2.38. The topological polar surface area (TPSA) is 84.3 Å². The Morgan fingerprint density at radius 2 is 1.78 bits per heavy atom. The Hall–Kier alpha value is -3.13. The largest absolute Gasteiger partial charge is 0.361 e. The molecule has 2 atom stereocenters. The molecule has 0 bridgehead atoms. The van der Waals surface area contributed by atoms with Crippen LogP contribution in [0.3, 0.4) is 0 Å². The summed E-state index contributed by atoms with van der Waals surface area (Å²) in [6, 6.07) is 17.3. The molecule has 1 aromatic heterocycles. The van der Waals surface area contributed by atoms with E-state index in [9.17, 15) is 13.2 Å². The van der Waals surface area contributed by atoms with E-state index < -0.39 is 16.0 Å². The molecular weight excluding hydrogens is 424 g/mol. The Balaban J connectivity index is 1.58. The number of amides is 1. The molecule has 0 unspecified atom stereocenters. The second-order valence-corrected chi connectivity index (χ2v) is 10.8. The first-order valence-electron chi connectivity index (χ1n) is 10.8. The quantitative estimate of drug-likeness (QED) is 0.656. The fraction of sp³-hybridized carbons (Fsp3) is 0.333. The minimum atomic E-state index is -3.03. The van der Waals surface area contributed by atoms with Crippen LogP contribution in [-0.2, 0) is 16.4 Å². The zero-order chi connectivity index (χ0) is 22.5. The molecule has 1 fully saturated rings. The van der Waals surface area contributed by atoms with E-state index in [1.165, 1.54) is 0 Å². The molecule has 7 nitrogen and oxygen atoms in total. The maximum Gasteiger partial charge on any atom is 0.258 e. The normalized spacial score (nSPS) is 21.9. The summed E-state index contributed by atoms with van der Waals surface area (Å²) < 4.78 is 25.9. The number of benzene rings is 2. The Morgan fingerprint density at radius 1 is 1.06 bits per heavy atom. The zero-order valence-electron chi connectivity index (χ0n) is 18.2. The van der Waals surface area contributed by atoms with Crippen molar-refractivity contribution in [2.45, 2.75) is 39.0 Å². The minimum Gasteiger partial charge on any atom is -0.361 e. The molecule has 1 N–H and O–H groups in total. The van der Waals surface area contributed by atoms with Crippen LogP contribution in [0.25, 0.3) is 0 Å². The Kier molecular flexibility index (Phi) is 5.04. The van der Waals surface area contributed by atoms with Gasteiger partial charge in [0.05, 0.1) is 28.8 Å². The van der Waals surface area contributed by atoms with Crippen molar-refractivity contribution in [3.63, 3.8) is 0 Å². The second kappa shape index (κ2) is 7.78. The molecule has 0 spiro atoms. The highest BCUT2D eigenvalue weighted by molar-refractivity contribution is 7.91. The first-order chi connectivity index (χ1) is 15.3. The summed E-state index contributed by atoms with van der Waals surface area (Å²) in [5.74, 6) is 0.268. The van der Waals surface area contributed by atoms with Gasteiger partial charge in [0.15, 0.2) is 9.84 Å². The van der Waals surface area contributed by atoms with E-state index in [1.54, 1.807) is 0 Å². The van der Waals surface area contributed by atoms with Crippen LogP contribution in [0.5, 0.6) is 0 Å². The standard InChI is InChI=1S/C24H26N4O3S/c1-16-22(17(2)28(26-16)19-12-13-32(30,31)15-19)23-25-21-11-7-6-10-20(21)24(29)27(23)14-18-8-4-3-5-9-18/h3-11,19,23,25H,12-15H2,1-2H3/t19-,23+/m0/s1. The second-order valence-electron chi connectivity index (χ2n) is 8.60. The van der Waals surface area contributed by atoms with Crippen LogP contribution >= 0.6 is 0 Å². The van der Waals surface area contributed by atoms with Crippen molar-refractivity contribution in [2.24, 2.45) is 0 Å². The summed E-state index contributed by atoms with van der Waals surface area (Å²) in [6.45, 7) is 4.34. The lowest BCUT2D eigenvalue weighted by Crippen LogP contribution is -2.42. The zero-order valence-corrected chi connectivity index (χ0v) is 19.0. The molecule has 3 heterocycles. The van der Waals surface area contributed by atoms with Crippen molar-refractivity contribution in [2.75, 3.05) is 16.8 Å². The molecule has 1 amide bonds. The molecule has 0 aliphatic carbocycles. The average Bonchev–Trinajstić information content (AvgIpc) is 3.28. The summed E-state index contributed by atoms with van der Waals surface area (Å²) in [4.78, 5) is 15.4. The van der Waals surface area contributed by atoms with Gasteiger partial charge in [-0.1, -0.05) is 42.5 Å². The summed E-state index contributed by atoms with van der Waals surface area (Å²) in [5, 5.41) is 8.28. The van der Waals surface area contributed by atoms with Crippen LogP contribution in [0.4, 0.5) is 5.69 Å². The monoisotopic (exact) mass is 450 g/mol. The van der Waals surface area contributed by atoms with E-state index in [-0.39, 0.29) is 23.5 Å². The molecule has 1 saturated heterocycles. The van der Waals surface area contributed by atoms with Gasteiger partial charge >= 0.3 is 0 Å². The number of carbonyl (C=O) groups is 1. The lowest BCUT2D eigenvalue weighted by atomic mass is 10.0. The van der Waals surface area contributed by atoms with Crippen molar-refractivity contribution >= 4 is 21.4 Å². The SMILES string of the molecule is Cc1nn([C@H]2CCS(=O)(=O)C2)c(C)c1[C@@H]1Nc2ccccc2C(=O)N1Cc1ccccc1. The number of hydrogen-bond donors (Lipinski definition) is 1. The van der Waals surface area contributed by atoms with Gasteiger partial charge in [-0.2, -0.15) is 5.10 Å². The number of para-hydroxylation sites is 1. The molecule has 5 rings (SSSR count). The Labute approximate surface area is 188 Å². The highest BCUT2D eigenvalue weighted by Crippen LogP contribution is 2.38. The van der Waals surface area contributed by atoms with Gasteiger partial charge in [-0.15, -0.1) is 0 Å². The van der Waals surface area contributed by atoms with E-state index in [2.05, 4.69) is 5.32 Å². The molecule has 2 aromatic carbocycles. The number of rotatable bonds is 4. The first kappa shape index (κ1) is 20.8. The summed E-state index contributed by atoms with van der Waals surface area (Å²) >= 11 is 0. The number of anilines is 1. The molecular formula is C24H26N4O3S. The van der Waals surface area contributed by atoms with Crippen LogP contribution in [-0.4, -0.2) is 40.5 Å². The maximum absolute atomic E-state index is 13.6. The third-order valence-electron chi connectivity index (χ3n) is 6.43. The fourth-order valence-electron chi connectivity index (χ4n) is 4.86. The van der Waals surface area contributed by atoms with E-state index in [0.717, 1.165) is 28.2 Å². The minimum absolute atomic E-state index is 0.0387. The number of carbonyl (C=O) groups excluding carboxylic acids is 1. The smallest absolute Gasteiger partial charge is 0.258 e. The Morgan fingerprint density at radius 3 is 2.50 bits per heavy atom. The van der Waals surface area contributed by atoms with Gasteiger partial charge in [0, 0.05) is 23.5 Å². The van der Waals surface area contributed by atoms with E-state index in [4.69, 9.17) is 5.10 Å². The predicted octanol–water partition coefficient (Wildman–Crippen LogP) is 3.63. The van der Waals surface area contributed by atoms with Crippen LogP contribution < -0.4 is 5.32 Å². The molecule has 0 saturated carbocycles. The van der Waals surface area contributed by atoms with Gasteiger partial charge in [-0.25, -0.2) is 8.42 Å². The maximum atomic E-state index is 13.6. The molecule has 8 heteroatoms. The van der Waals surface area contributed by atoms with Gasteiger partial charge in [0.25, 0.3) is 5.91 Å². The molecule has 2 aliphatic rings. The lowest BCUT2D eigenvalue weighted by molar-refractivity contribution is 0.0665. The number of aryl methyl sites for hydroxylation is 1. The Bertz CT molecular complexity index is 1280. The summed E-state index contributed by atoms with van der Waals surface area (Å²) in [7, 11) is -3.03. The van der Waals surface area contributed by atoms with Gasteiger partial charge in [0.1, 0.15) is 6.17 Å². The number of nitrogens with one attached hydrogen (secondary N) is 1. The van der Waals surface area contributed by atoms with Crippen LogP contribution in [0.15, 0.2) is 54.6 Å². The van der Waals surface area contributed by atoms with Crippen molar-refractivity contribution in [3.05, 3.63) is 82.7 Å². The van der Waals surface area contributed by atoms with Crippen molar-refractivity contribution in [1.82, 2.24) is 14.7 Å². The van der Waals surface area contributed by atoms with Gasteiger partial charge in [0.2, 0.25) is 0 Å². The van der Waals surface area contributed by atoms with Gasteiger partial charge in [-0.05, 0) is 38.0 Å². The predicted molar refractivity (Wildman–Crippen MR) is 123 cm³/mol. The van der Waals surface area contributed by atoms with E-state index >= 15 is 0 Å². The van der Waals surface area contributed by atoms with Gasteiger partial charge in [-0.3, -0.25) is 9.48 Å². The van der Waals surface area contributed by atoms with Crippen LogP contribution in [0.1, 0.15) is 51.5 Å². The molecule has 2 aliphatic heterocycles. The summed E-state index contributed by atoms with van der Waals surface area (Å²) in [6.07, 6.45) is 0.168. The van der Waals surface area contributed by atoms with Gasteiger partial charge < -0.3 is 10.2 Å². The number of aromatic nitrogens is 2. The summed E-state index contributed by atoms with van der Waals surface area (Å²) in [5.41, 5.74) is 5.10. The van der Waals surface area contributed by atoms with Crippen molar-refractivity contribution in [3.8, 4) is 0 Å². The van der Waals surface area contributed by atoms with Crippen LogP contribution in [0.2, 0.25) is 0 Å². The number of sulfone groups is 1.